The highest BCUT2D eigenvalue weighted by Gasteiger charge is 2.17. The molecular formula is C13H16F2N2O. The summed E-state index contributed by atoms with van der Waals surface area (Å²) in [6.45, 7) is 2.07. The van der Waals surface area contributed by atoms with Gasteiger partial charge < -0.3 is 10.6 Å². The summed E-state index contributed by atoms with van der Waals surface area (Å²) in [6.07, 6.45) is 1.50. The van der Waals surface area contributed by atoms with Gasteiger partial charge in [-0.2, -0.15) is 0 Å². The molecule has 0 saturated carbocycles. The summed E-state index contributed by atoms with van der Waals surface area (Å²) in [5.41, 5.74) is 0.562. The van der Waals surface area contributed by atoms with Crippen LogP contribution in [-0.4, -0.2) is 19.0 Å². The average molecular weight is 254 g/mol. The SMILES string of the molecule is O=C(CC1CCNC1)NCc1ccc(F)c(F)c1. The summed E-state index contributed by atoms with van der Waals surface area (Å²) in [6, 6.07) is 3.64. The molecule has 1 amide bonds. The van der Waals surface area contributed by atoms with Crippen molar-refractivity contribution in [2.24, 2.45) is 5.92 Å². The molecule has 1 aliphatic heterocycles. The van der Waals surface area contributed by atoms with Crippen LogP contribution >= 0.6 is 0 Å². The zero-order valence-electron chi connectivity index (χ0n) is 10.0. The number of carbonyl (C=O) groups is 1. The largest absolute Gasteiger partial charge is 0.352 e. The van der Waals surface area contributed by atoms with Gasteiger partial charge in [0.25, 0.3) is 0 Å². The molecule has 1 heterocycles. The van der Waals surface area contributed by atoms with Gasteiger partial charge in [0.15, 0.2) is 11.6 Å². The molecule has 1 fully saturated rings. The Morgan fingerprint density at radius 3 is 2.89 bits per heavy atom. The minimum absolute atomic E-state index is 0.0477. The van der Waals surface area contributed by atoms with E-state index in [0.29, 0.717) is 17.9 Å². The second-order valence-corrected chi connectivity index (χ2v) is 4.59. The van der Waals surface area contributed by atoms with Gasteiger partial charge in [-0.15, -0.1) is 0 Å². The molecule has 2 rings (SSSR count). The molecule has 1 atom stereocenters. The normalized spacial score (nSPS) is 18.9. The van der Waals surface area contributed by atoms with Crippen molar-refractivity contribution < 1.29 is 13.6 Å². The van der Waals surface area contributed by atoms with Crippen LogP contribution in [0.4, 0.5) is 8.78 Å². The van der Waals surface area contributed by atoms with Gasteiger partial charge in [0.1, 0.15) is 0 Å². The number of hydrogen-bond acceptors (Lipinski definition) is 2. The standard InChI is InChI=1S/C13H16F2N2O/c14-11-2-1-9(5-12(11)15)8-17-13(18)6-10-3-4-16-7-10/h1-2,5,10,16H,3-4,6-8H2,(H,17,18). The molecule has 98 valence electrons. The second-order valence-electron chi connectivity index (χ2n) is 4.59. The Kier molecular flexibility index (Phi) is 4.25. The first-order chi connectivity index (χ1) is 8.65. The fourth-order valence-corrected chi connectivity index (χ4v) is 2.07. The molecule has 18 heavy (non-hydrogen) atoms. The fraction of sp³-hybridized carbons (Fsp3) is 0.462. The summed E-state index contributed by atoms with van der Waals surface area (Å²) in [5, 5.41) is 5.91. The third-order valence-corrected chi connectivity index (χ3v) is 3.11. The second kappa shape index (κ2) is 5.91. The molecule has 1 aliphatic rings. The number of halogens is 2. The van der Waals surface area contributed by atoms with Gasteiger partial charge in [-0.05, 0) is 43.1 Å². The Morgan fingerprint density at radius 2 is 2.22 bits per heavy atom. The maximum atomic E-state index is 12.9. The number of carbonyl (C=O) groups excluding carboxylic acids is 1. The van der Waals surface area contributed by atoms with Crippen molar-refractivity contribution in [1.29, 1.82) is 0 Å². The van der Waals surface area contributed by atoms with Gasteiger partial charge in [-0.1, -0.05) is 6.07 Å². The zero-order chi connectivity index (χ0) is 13.0. The molecule has 0 radical (unpaired) electrons. The summed E-state index contributed by atoms with van der Waals surface area (Å²) in [7, 11) is 0. The van der Waals surface area contributed by atoms with E-state index >= 15 is 0 Å². The van der Waals surface area contributed by atoms with Crippen LogP contribution in [0.2, 0.25) is 0 Å². The molecule has 1 aromatic rings. The number of hydrogen-bond donors (Lipinski definition) is 2. The van der Waals surface area contributed by atoms with E-state index in [1.165, 1.54) is 6.07 Å². The van der Waals surface area contributed by atoms with Crippen LogP contribution in [0, 0.1) is 17.6 Å². The Bertz CT molecular complexity index is 431. The van der Waals surface area contributed by atoms with Crippen LogP contribution in [0.1, 0.15) is 18.4 Å². The lowest BCUT2D eigenvalue weighted by Crippen LogP contribution is -2.25. The first-order valence-corrected chi connectivity index (χ1v) is 6.06. The lowest BCUT2D eigenvalue weighted by molar-refractivity contribution is -0.122. The zero-order valence-corrected chi connectivity index (χ0v) is 10.0. The van der Waals surface area contributed by atoms with Crippen LogP contribution in [0.15, 0.2) is 18.2 Å². The van der Waals surface area contributed by atoms with Crippen molar-refractivity contribution in [3.63, 3.8) is 0 Å². The van der Waals surface area contributed by atoms with Crippen LogP contribution in [0.3, 0.4) is 0 Å². The summed E-state index contributed by atoms with van der Waals surface area (Å²) in [5.74, 6) is -1.42. The predicted octanol–water partition coefficient (Wildman–Crippen LogP) is 1.58. The van der Waals surface area contributed by atoms with Crippen LogP contribution in [0.5, 0.6) is 0 Å². The van der Waals surface area contributed by atoms with Gasteiger partial charge in [0, 0.05) is 13.0 Å². The number of rotatable bonds is 4. The lowest BCUT2D eigenvalue weighted by atomic mass is 10.0. The smallest absolute Gasteiger partial charge is 0.220 e. The molecule has 0 bridgehead atoms. The molecule has 5 heteroatoms. The molecular weight excluding hydrogens is 238 g/mol. The van der Waals surface area contributed by atoms with Gasteiger partial charge in [-0.3, -0.25) is 4.79 Å². The van der Waals surface area contributed by atoms with Gasteiger partial charge in [-0.25, -0.2) is 8.78 Å². The first-order valence-electron chi connectivity index (χ1n) is 6.06. The first kappa shape index (κ1) is 13.0. The third kappa shape index (κ3) is 3.50. The van der Waals surface area contributed by atoms with Crippen molar-refractivity contribution in [1.82, 2.24) is 10.6 Å². The van der Waals surface area contributed by atoms with E-state index in [4.69, 9.17) is 0 Å². The highest BCUT2D eigenvalue weighted by atomic mass is 19.2. The van der Waals surface area contributed by atoms with Crippen molar-refractivity contribution in [3.8, 4) is 0 Å². The van der Waals surface area contributed by atoms with E-state index in [9.17, 15) is 13.6 Å². The summed E-state index contributed by atoms with van der Waals surface area (Å²) in [4.78, 5) is 11.6. The maximum absolute atomic E-state index is 12.9. The summed E-state index contributed by atoms with van der Waals surface area (Å²) >= 11 is 0. The Labute approximate surface area is 105 Å². The van der Waals surface area contributed by atoms with Gasteiger partial charge in [0.05, 0.1) is 0 Å². The average Bonchev–Trinajstić information content (AvgIpc) is 2.83. The lowest BCUT2D eigenvalue weighted by Gasteiger charge is -2.09. The minimum atomic E-state index is -0.887. The topological polar surface area (TPSA) is 41.1 Å². The van der Waals surface area contributed by atoms with Crippen LogP contribution in [-0.2, 0) is 11.3 Å². The highest BCUT2D eigenvalue weighted by molar-refractivity contribution is 5.76. The Hall–Kier alpha value is -1.49. The number of nitrogens with one attached hydrogen (secondary N) is 2. The molecule has 0 aliphatic carbocycles. The summed E-state index contributed by atoms with van der Waals surface area (Å²) < 4.78 is 25.6. The third-order valence-electron chi connectivity index (χ3n) is 3.11. The van der Waals surface area contributed by atoms with E-state index in [1.54, 1.807) is 0 Å². The molecule has 1 unspecified atom stereocenters. The minimum Gasteiger partial charge on any atom is -0.352 e. The van der Waals surface area contributed by atoms with E-state index in [0.717, 1.165) is 31.6 Å². The molecule has 2 N–H and O–H groups in total. The van der Waals surface area contributed by atoms with Gasteiger partial charge in [0.2, 0.25) is 5.91 Å². The van der Waals surface area contributed by atoms with E-state index in [2.05, 4.69) is 10.6 Å². The molecule has 0 aromatic heterocycles. The maximum Gasteiger partial charge on any atom is 0.220 e. The van der Waals surface area contributed by atoms with E-state index in [-0.39, 0.29) is 12.5 Å². The van der Waals surface area contributed by atoms with Crippen molar-refractivity contribution in [2.75, 3.05) is 13.1 Å². The van der Waals surface area contributed by atoms with E-state index in [1.807, 2.05) is 0 Å². The number of amides is 1. The van der Waals surface area contributed by atoms with Crippen molar-refractivity contribution >= 4 is 5.91 Å². The van der Waals surface area contributed by atoms with E-state index < -0.39 is 11.6 Å². The molecule has 1 saturated heterocycles. The monoisotopic (exact) mass is 254 g/mol. The molecule has 0 spiro atoms. The van der Waals surface area contributed by atoms with Crippen LogP contribution in [0.25, 0.3) is 0 Å². The van der Waals surface area contributed by atoms with Crippen LogP contribution < -0.4 is 10.6 Å². The Balaban J connectivity index is 1.79. The molecule has 1 aromatic carbocycles. The van der Waals surface area contributed by atoms with Gasteiger partial charge >= 0.3 is 0 Å². The quantitative estimate of drug-likeness (QED) is 0.856. The Morgan fingerprint density at radius 1 is 1.39 bits per heavy atom. The highest BCUT2D eigenvalue weighted by Crippen LogP contribution is 2.12. The fourth-order valence-electron chi connectivity index (χ4n) is 2.07. The predicted molar refractivity (Wildman–Crippen MR) is 63.8 cm³/mol. The van der Waals surface area contributed by atoms with Crippen molar-refractivity contribution in [3.05, 3.63) is 35.4 Å². The number of benzene rings is 1. The van der Waals surface area contributed by atoms with Crippen molar-refractivity contribution in [2.45, 2.75) is 19.4 Å². The molecule has 3 nitrogen and oxygen atoms in total.